The molecule has 144 valence electrons. The monoisotopic (exact) mass is 394 g/mol. The average Bonchev–Trinajstić information content (AvgIpc) is 2.73. The summed E-state index contributed by atoms with van der Waals surface area (Å²) in [6.45, 7) is 7.45. The van der Waals surface area contributed by atoms with Crippen molar-refractivity contribution in [2.75, 3.05) is 13.2 Å². The lowest BCUT2D eigenvalue weighted by Crippen LogP contribution is -2.36. The van der Waals surface area contributed by atoms with Crippen LogP contribution in [-0.4, -0.2) is 30.1 Å². The fourth-order valence-corrected chi connectivity index (χ4v) is 2.86. The molecule has 0 aliphatic heterocycles. The molecule has 5 nitrogen and oxygen atoms in total. The van der Waals surface area contributed by atoms with Crippen molar-refractivity contribution in [2.24, 2.45) is 0 Å². The van der Waals surface area contributed by atoms with Crippen LogP contribution in [0, 0.1) is 0 Å². The predicted octanol–water partition coefficient (Wildman–Crippen LogP) is 3.36. The standard InChI is InChI=1S/C22H22N2O3S/c1-3-16(2)28-19-11-9-17(10-12-19)15-20(22(27)23-13-14-25)24-21(26)18-7-5-4-6-8-18/h3-12,15,25H,1-2,13-14H2,(H,23,27)(H,24,26). The van der Waals surface area contributed by atoms with Gasteiger partial charge in [-0.2, -0.15) is 0 Å². The van der Waals surface area contributed by atoms with Crippen molar-refractivity contribution in [3.8, 4) is 0 Å². The predicted molar refractivity (Wildman–Crippen MR) is 114 cm³/mol. The van der Waals surface area contributed by atoms with Gasteiger partial charge in [-0.3, -0.25) is 9.59 Å². The summed E-state index contributed by atoms with van der Waals surface area (Å²) in [6, 6.07) is 16.1. The number of aliphatic hydroxyl groups excluding tert-OH is 1. The zero-order valence-electron chi connectivity index (χ0n) is 15.4. The van der Waals surface area contributed by atoms with E-state index in [1.54, 1.807) is 36.4 Å². The number of hydrogen-bond donors (Lipinski definition) is 3. The second kappa shape index (κ2) is 10.9. The van der Waals surface area contributed by atoms with Crippen molar-refractivity contribution in [3.05, 3.63) is 95.6 Å². The van der Waals surface area contributed by atoms with Gasteiger partial charge < -0.3 is 15.7 Å². The summed E-state index contributed by atoms with van der Waals surface area (Å²) < 4.78 is 0. The number of aliphatic hydroxyl groups is 1. The Balaban J connectivity index is 2.22. The van der Waals surface area contributed by atoms with Crippen molar-refractivity contribution in [1.82, 2.24) is 10.6 Å². The highest BCUT2D eigenvalue weighted by Gasteiger charge is 2.14. The Morgan fingerprint density at radius 2 is 1.75 bits per heavy atom. The van der Waals surface area contributed by atoms with Crippen LogP contribution in [0.4, 0.5) is 0 Å². The van der Waals surface area contributed by atoms with Crippen molar-refractivity contribution >= 4 is 29.7 Å². The molecule has 0 radical (unpaired) electrons. The van der Waals surface area contributed by atoms with Gasteiger partial charge in [0.1, 0.15) is 5.70 Å². The van der Waals surface area contributed by atoms with E-state index in [1.165, 1.54) is 11.8 Å². The molecule has 2 aromatic carbocycles. The van der Waals surface area contributed by atoms with Crippen LogP contribution < -0.4 is 10.6 Å². The molecule has 2 aromatic rings. The van der Waals surface area contributed by atoms with Gasteiger partial charge in [0, 0.05) is 21.9 Å². The topological polar surface area (TPSA) is 78.4 Å². The summed E-state index contributed by atoms with van der Waals surface area (Å²) in [6.07, 6.45) is 3.27. The Morgan fingerprint density at radius 1 is 1.07 bits per heavy atom. The Hall–Kier alpha value is -3.09. The molecule has 0 spiro atoms. The van der Waals surface area contributed by atoms with Crippen molar-refractivity contribution in [3.63, 3.8) is 0 Å². The Morgan fingerprint density at radius 3 is 2.36 bits per heavy atom. The molecule has 0 saturated heterocycles. The third kappa shape index (κ3) is 6.57. The minimum absolute atomic E-state index is 0.0939. The van der Waals surface area contributed by atoms with E-state index in [9.17, 15) is 9.59 Å². The molecule has 0 atom stereocenters. The van der Waals surface area contributed by atoms with Crippen LogP contribution in [0.1, 0.15) is 15.9 Å². The minimum atomic E-state index is -0.475. The normalized spacial score (nSPS) is 10.8. The number of carbonyl (C=O) groups is 2. The maximum Gasteiger partial charge on any atom is 0.267 e. The van der Waals surface area contributed by atoms with Gasteiger partial charge in [-0.25, -0.2) is 0 Å². The van der Waals surface area contributed by atoms with Crippen molar-refractivity contribution < 1.29 is 14.7 Å². The highest BCUT2D eigenvalue weighted by Crippen LogP contribution is 2.26. The molecule has 0 heterocycles. The minimum Gasteiger partial charge on any atom is -0.395 e. The molecule has 2 amide bonds. The number of rotatable bonds is 9. The SMILES string of the molecule is C=CC(=C)Sc1ccc(C=C(NC(=O)c2ccccc2)C(=O)NCCO)cc1. The maximum absolute atomic E-state index is 12.4. The zero-order chi connectivity index (χ0) is 20.4. The summed E-state index contributed by atoms with van der Waals surface area (Å²) in [7, 11) is 0. The fraction of sp³-hybridized carbons (Fsp3) is 0.0909. The largest absolute Gasteiger partial charge is 0.395 e. The van der Waals surface area contributed by atoms with E-state index < -0.39 is 5.91 Å². The lowest BCUT2D eigenvalue weighted by Gasteiger charge is -2.11. The summed E-state index contributed by atoms with van der Waals surface area (Å²) >= 11 is 1.49. The quantitative estimate of drug-likeness (QED) is 0.346. The number of hydrogen-bond acceptors (Lipinski definition) is 4. The summed E-state index contributed by atoms with van der Waals surface area (Å²) in [5, 5.41) is 14.1. The van der Waals surface area contributed by atoms with Crippen LogP contribution in [0.15, 0.2) is 89.3 Å². The van der Waals surface area contributed by atoms with Crippen LogP contribution in [0.25, 0.3) is 6.08 Å². The third-order valence-electron chi connectivity index (χ3n) is 3.59. The first-order valence-electron chi connectivity index (χ1n) is 8.60. The van der Waals surface area contributed by atoms with Gasteiger partial charge in [-0.1, -0.05) is 61.3 Å². The molecular weight excluding hydrogens is 372 g/mol. The number of amides is 2. The number of nitrogens with one attached hydrogen (secondary N) is 2. The molecule has 3 N–H and O–H groups in total. The maximum atomic E-state index is 12.4. The van der Waals surface area contributed by atoms with E-state index in [0.29, 0.717) is 5.56 Å². The van der Waals surface area contributed by atoms with Gasteiger partial charge in [0.2, 0.25) is 0 Å². The second-order valence-electron chi connectivity index (χ2n) is 5.70. The third-order valence-corrected chi connectivity index (χ3v) is 4.53. The fourth-order valence-electron chi connectivity index (χ4n) is 2.20. The summed E-state index contributed by atoms with van der Waals surface area (Å²) in [4.78, 5) is 26.6. The van der Waals surface area contributed by atoms with E-state index in [2.05, 4.69) is 23.8 Å². The Kier molecular flexibility index (Phi) is 8.27. The van der Waals surface area contributed by atoms with Gasteiger partial charge >= 0.3 is 0 Å². The first-order chi connectivity index (χ1) is 13.5. The zero-order valence-corrected chi connectivity index (χ0v) is 16.2. The van der Waals surface area contributed by atoms with E-state index in [0.717, 1.165) is 15.4 Å². The van der Waals surface area contributed by atoms with Crippen LogP contribution >= 0.6 is 11.8 Å². The molecular formula is C22H22N2O3S. The van der Waals surface area contributed by atoms with E-state index in [4.69, 9.17) is 5.11 Å². The van der Waals surface area contributed by atoms with Crippen molar-refractivity contribution in [2.45, 2.75) is 4.90 Å². The molecule has 0 aromatic heterocycles. The first kappa shape index (κ1) is 21.2. The molecule has 28 heavy (non-hydrogen) atoms. The smallest absolute Gasteiger partial charge is 0.267 e. The van der Waals surface area contributed by atoms with Gasteiger partial charge in [0.05, 0.1) is 6.61 Å². The van der Waals surface area contributed by atoms with Gasteiger partial charge in [-0.05, 0) is 35.9 Å². The van der Waals surface area contributed by atoms with Crippen LogP contribution in [0.2, 0.25) is 0 Å². The summed E-state index contributed by atoms with van der Waals surface area (Å²) in [5.74, 6) is -0.864. The number of thioether (sulfide) groups is 1. The molecule has 0 saturated carbocycles. The van der Waals surface area contributed by atoms with Crippen molar-refractivity contribution in [1.29, 1.82) is 0 Å². The molecule has 0 aliphatic rings. The second-order valence-corrected chi connectivity index (χ2v) is 6.90. The highest BCUT2D eigenvalue weighted by molar-refractivity contribution is 8.03. The van der Waals surface area contributed by atoms with E-state index >= 15 is 0 Å². The Labute approximate surface area is 168 Å². The van der Waals surface area contributed by atoms with Crippen LogP contribution in [-0.2, 0) is 4.79 Å². The average molecular weight is 394 g/mol. The molecule has 2 rings (SSSR count). The van der Waals surface area contributed by atoms with Gasteiger partial charge in [0.25, 0.3) is 11.8 Å². The molecule has 0 aliphatic carbocycles. The summed E-state index contributed by atoms with van der Waals surface area (Å²) in [5.41, 5.74) is 1.28. The Bertz CT molecular complexity index is 874. The first-order valence-corrected chi connectivity index (χ1v) is 9.41. The number of allylic oxidation sites excluding steroid dienone is 1. The van der Waals surface area contributed by atoms with E-state index in [-0.39, 0.29) is 24.8 Å². The van der Waals surface area contributed by atoms with E-state index in [1.807, 2.05) is 30.3 Å². The lowest BCUT2D eigenvalue weighted by molar-refractivity contribution is -0.117. The molecule has 0 fully saturated rings. The number of benzene rings is 2. The highest BCUT2D eigenvalue weighted by atomic mass is 32.2. The van der Waals surface area contributed by atoms with Crippen LogP contribution in [0.3, 0.4) is 0 Å². The molecule has 0 unspecified atom stereocenters. The number of carbonyl (C=O) groups excluding carboxylic acids is 2. The molecule has 0 bridgehead atoms. The van der Waals surface area contributed by atoms with Crippen LogP contribution in [0.5, 0.6) is 0 Å². The molecule has 6 heteroatoms. The van der Waals surface area contributed by atoms with Gasteiger partial charge in [-0.15, -0.1) is 0 Å². The van der Waals surface area contributed by atoms with Gasteiger partial charge in [0.15, 0.2) is 0 Å². The lowest BCUT2D eigenvalue weighted by atomic mass is 10.1.